The topological polar surface area (TPSA) is 49.9 Å². The van der Waals surface area contributed by atoms with Crippen molar-refractivity contribution in [2.75, 3.05) is 40.3 Å². The normalized spacial score (nSPS) is 21.0. The summed E-state index contributed by atoms with van der Waals surface area (Å²) in [5.74, 6) is -0.485. The molecule has 1 unspecified atom stereocenters. The highest BCUT2D eigenvalue weighted by Crippen LogP contribution is 2.13. The van der Waals surface area contributed by atoms with Gasteiger partial charge in [0.1, 0.15) is 6.42 Å². The number of esters is 1. The molecule has 0 aliphatic carbocycles. The van der Waals surface area contributed by atoms with Crippen LogP contribution in [0.3, 0.4) is 0 Å². The Morgan fingerprint density at radius 1 is 1.44 bits per heavy atom. The van der Waals surface area contributed by atoms with Gasteiger partial charge in [-0.25, -0.2) is 0 Å². The van der Waals surface area contributed by atoms with E-state index < -0.39 is 5.97 Å². The molecule has 1 aliphatic heterocycles. The molecule has 0 aromatic rings. The largest absolute Gasteiger partial charge is 0.466 e. The molecule has 1 atom stereocenters. The molecule has 1 aliphatic rings. The van der Waals surface area contributed by atoms with Crippen molar-refractivity contribution in [3.63, 3.8) is 0 Å². The molecule has 1 fully saturated rings. The zero-order chi connectivity index (χ0) is 13.5. The predicted molar refractivity (Wildman–Crippen MR) is 69.4 cm³/mol. The molecule has 5 heteroatoms. The Kier molecular flexibility index (Phi) is 6.29. The van der Waals surface area contributed by atoms with E-state index in [1.54, 1.807) is 6.92 Å². The second-order valence-electron chi connectivity index (χ2n) is 4.99. The first-order valence-electron chi connectivity index (χ1n) is 6.59. The standard InChI is InChI=1S/C13H24N2O3/c1-4-18-13(17)8-12(16)10-15(3)11-6-5-7-14(2)9-11/h11H,4-10H2,1-3H3. The minimum atomic E-state index is -0.420. The summed E-state index contributed by atoms with van der Waals surface area (Å²) in [7, 11) is 4.05. The van der Waals surface area contributed by atoms with Crippen molar-refractivity contribution in [2.24, 2.45) is 0 Å². The maximum absolute atomic E-state index is 11.7. The molecule has 0 amide bonds. The number of hydrogen-bond acceptors (Lipinski definition) is 5. The molecular weight excluding hydrogens is 232 g/mol. The van der Waals surface area contributed by atoms with Crippen LogP contribution in [0, 0.1) is 0 Å². The minimum Gasteiger partial charge on any atom is -0.466 e. The van der Waals surface area contributed by atoms with E-state index in [2.05, 4.69) is 16.8 Å². The number of carbonyl (C=O) groups excluding carboxylic acids is 2. The zero-order valence-electron chi connectivity index (χ0n) is 11.6. The average Bonchev–Trinajstić information content (AvgIpc) is 2.28. The van der Waals surface area contributed by atoms with Crippen LogP contribution in [0.25, 0.3) is 0 Å². The Bertz CT molecular complexity index is 294. The summed E-state index contributed by atoms with van der Waals surface area (Å²) in [5, 5.41) is 0. The number of Topliss-reactive ketones (excluding diaryl/α,β-unsaturated/α-hetero) is 1. The molecule has 1 rings (SSSR count). The van der Waals surface area contributed by atoms with E-state index in [1.807, 2.05) is 7.05 Å². The van der Waals surface area contributed by atoms with Crippen LogP contribution >= 0.6 is 0 Å². The molecule has 0 saturated carbocycles. The third kappa shape index (κ3) is 5.14. The van der Waals surface area contributed by atoms with E-state index in [4.69, 9.17) is 4.74 Å². The van der Waals surface area contributed by atoms with Crippen LogP contribution in [0.5, 0.6) is 0 Å². The second-order valence-corrected chi connectivity index (χ2v) is 4.99. The molecule has 0 aromatic heterocycles. The molecule has 0 bridgehead atoms. The van der Waals surface area contributed by atoms with E-state index >= 15 is 0 Å². The van der Waals surface area contributed by atoms with Crippen LogP contribution in [0.1, 0.15) is 26.2 Å². The van der Waals surface area contributed by atoms with Gasteiger partial charge in [-0.15, -0.1) is 0 Å². The second kappa shape index (κ2) is 7.48. The number of likely N-dealkylation sites (tertiary alicyclic amines) is 1. The van der Waals surface area contributed by atoms with Crippen molar-refractivity contribution < 1.29 is 14.3 Å². The van der Waals surface area contributed by atoms with Crippen molar-refractivity contribution in [1.82, 2.24) is 9.80 Å². The van der Waals surface area contributed by atoms with Gasteiger partial charge in [0.25, 0.3) is 0 Å². The summed E-state index contributed by atoms with van der Waals surface area (Å²) in [4.78, 5) is 27.2. The summed E-state index contributed by atoms with van der Waals surface area (Å²) < 4.78 is 4.77. The summed E-state index contributed by atoms with van der Waals surface area (Å²) in [6.07, 6.45) is 2.17. The molecule has 0 radical (unpaired) electrons. The van der Waals surface area contributed by atoms with Crippen molar-refractivity contribution in [3.8, 4) is 0 Å². The van der Waals surface area contributed by atoms with Gasteiger partial charge in [-0.2, -0.15) is 0 Å². The quantitative estimate of drug-likeness (QED) is 0.513. The van der Waals surface area contributed by atoms with Gasteiger partial charge in [-0.3, -0.25) is 14.5 Å². The van der Waals surface area contributed by atoms with E-state index in [0.717, 1.165) is 25.9 Å². The van der Waals surface area contributed by atoms with Crippen molar-refractivity contribution in [1.29, 1.82) is 0 Å². The Morgan fingerprint density at radius 3 is 2.78 bits per heavy atom. The first kappa shape index (κ1) is 15.1. The van der Waals surface area contributed by atoms with Crippen molar-refractivity contribution in [3.05, 3.63) is 0 Å². The molecule has 18 heavy (non-hydrogen) atoms. The van der Waals surface area contributed by atoms with E-state index in [9.17, 15) is 9.59 Å². The number of carbonyl (C=O) groups is 2. The smallest absolute Gasteiger partial charge is 0.313 e. The first-order chi connectivity index (χ1) is 8.52. The van der Waals surface area contributed by atoms with Gasteiger partial charge in [0.2, 0.25) is 0 Å². The van der Waals surface area contributed by atoms with Crippen molar-refractivity contribution >= 4 is 11.8 Å². The molecule has 0 aromatic carbocycles. The monoisotopic (exact) mass is 256 g/mol. The van der Waals surface area contributed by atoms with Crippen LogP contribution in [-0.2, 0) is 14.3 Å². The highest BCUT2D eigenvalue weighted by molar-refractivity contribution is 5.96. The molecule has 104 valence electrons. The summed E-state index contributed by atoms with van der Waals surface area (Å²) >= 11 is 0. The molecule has 0 N–H and O–H groups in total. The molecule has 5 nitrogen and oxygen atoms in total. The fourth-order valence-corrected chi connectivity index (χ4v) is 2.34. The van der Waals surface area contributed by atoms with E-state index in [0.29, 0.717) is 19.2 Å². The van der Waals surface area contributed by atoms with Gasteiger partial charge in [0.05, 0.1) is 13.2 Å². The summed E-state index contributed by atoms with van der Waals surface area (Å²) in [6, 6.07) is 0.412. The lowest BCUT2D eigenvalue weighted by atomic mass is 10.0. The Labute approximate surface area is 109 Å². The van der Waals surface area contributed by atoms with Crippen LogP contribution in [0.15, 0.2) is 0 Å². The maximum Gasteiger partial charge on any atom is 0.313 e. The summed E-state index contributed by atoms with van der Waals surface area (Å²) in [6.45, 7) is 4.52. The lowest BCUT2D eigenvalue weighted by Gasteiger charge is -2.35. The third-order valence-electron chi connectivity index (χ3n) is 3.30. The number of hydrogen-bond donors (Lipinski definition) is 0. The van der Waals surface area contributed by atoms with Gasteiger partial charge in [0.15, 0.2) is 5.78 Å². The van der Waals surface area contributed by atoms with E-state index in [1.165, 1.54) is 0 Å². The number of nitrogens with zero attached hydrogens (tertiary/aromatic N) is 2. The lowest BCUT2D eigenvalue weighted by Crippen LogP contribution is -2.46. The Hall–Kier alpha value is -0.940. The first-order valence-corrected chi connectivity index (χ1v) is 6.59. The number of rotatable bonds is 6. The number of likely N-dealkylation sites (N-methyl/N-ethyl adjacent to an activating group) is 2. The van der Waals surface area contributed by atoms with E-state index in [-0.39, 0.29) is 12.2 Å². The SMILES string of the molecule is CCOC(=O)CC(=O)CN(C)C1CCCN(C)C1. The van der Waals surface area contributed by atoms with Gasteiger partial charge < -0.3 is 9.64 Å². The Balaban J connectivity index is 2.32. The van der Waals surface area contributed by atoms with Crippen molar-refractivity contribution in [2.45, 2.75) is 32.2 Å². The number of ketones is 1. The van der Waals surface area contributed by atoms with Crippen LogP contribution < -0.4 is 0 Å². The summed E-state index contributed by atoms with van der Waals surface area (Å²) in [5.41, 5.74) is 0. The maximum atomic E-state index is 11.7. The van der Waals surface area contributed by atoms with Crippen LogP contribution in [-0.4, -0.2) is 67.9 Å². The van der Waals surface area contributed by atoms with Crippen LogP contribution in [0.2, 0.25) is 0 Å². The molecule has 0 spiro atoms. The number of piperidine rings is 1. The number of ether oxygens (including phenoxy) is 1. The minimum absolute atomic E-state index is 0.0656. The fourth-order valence-electron chi connectivity index (χ4n) is 2.34. The lowest BCUT2D eigenvalue weighted by molar-refractivity contribution is -0.145. The molecule has 1 saturated heterocycles. The Morgan fingerprint density at radius 2 is 2.17 bits per heavy atom. The average molecular weight is 256 g/mol. The molecule has 1 heterocycles. The van der Waals surface area contributed by atoms with Gasteiger partial charge in [0, 0.05) is 12.6 Å². The highest BCUT2D eigenvalue weighted by atomic mass is 16.5. The molecular formula is C13H24N2O3. The highest BCUT2D eigenvalue weighted by Gasteiger charge is 2.23. The van der Waals surface area contributed by atoms with Gasteiger partial charge in [-0.05, 0) is 40.4 Å². The van der Waals surface area contributed by atoms with Crippen LogP contribution in [0.4, 0.5) is 0 Å². The predicted octanol–water partition coefficient (Wildman–Crippen LogP) is 0.535. The zero-order valence-corrected chi connectivity index (χ0v) is 11.6. The third-order valence-corrected chi connectivity index (χ3v) is 3.30. The fraction of sp³-hybridized carbons (Fsp3) is 0.846. The van der Waals surface area contributed by atoms with Gasteiger partial charge >= 0.3 is 5.97 Å². The van der Waals surface area contributed by atoms with Gasteiger partial charge in [-0.1, -0.05) is 0 Å².